The van der Waals surface area contributed by atoms with E-state index in [1.54, 1.807) is 0 Å². The minimum Gasteiger partial charge on any atom is -0.349 e. The fourth-order valence-electron chi connectivity index (χ4n) is 2.58. The normalized spacial score (nSPS) is 16.8. The minimum atomic E-state index is 0.112. The van der Waals surface area contributed by atoms with Crippen molar-refractivity contribution in [2.24, 2.45) is 11.8 Å². The molecule has 0 spiro atoms. The number of rotatable bonds is 6. The molecule has 0 aliphatic carbocycles. The average Bonchev–Trinajstić information content (AvgIpc) is 2.40. The molecule has 1 saturated heterocycles. The maximum Gasteiger partial charge on any atom is 0.220 e. The van der Waals surface area contributed by atoms with Crippen LogP contribution >= 0.6 is 0 Å². The molecule has 3 nitrogen and oxygen atoms in total. The molecule has 2 rings (SSSR count). The van der Waals surface area contributed by atoms with Gasteiger partial charge in [-0.05, 0) is 42.5 Å². The molecule has 1 unspecified atom stereocenters. The first-order chi connectivity index (χ1) is 9.60. The lowest BCUT2D eigenvalue weighted by molar-refractivity contribution is -0.123. The van der Waals surface area contributed by atoms with E-state index >= 15 is 0 Å². The van der Waals surface area contributed by atoms with Gasteiger partial charge in [-0.25, -0.2) is 0 Å². The summed E-state index contributed by atoms with van der Waals surface area (Å²) < 4.78 is 0. The first-order valence-electron chi connectivity index (χ1n) is 7.69. The van der Waals surface area contributed by atoms with Gasteiger partial charge in [0.15, 0.2) is 0 Å². The Kier molecular flexibility index (Phi) is 5.18. The van der Waals surface area contributed by atoms with Crippen LogP contribution in [0.2, 0.25) is 0 Å². The molecule has 0 radical (unpaired) electrons. The predicted molar refractivity (Wildman–Crippen MR) is 82.5 cm³/mol. The van der Waals surface area contributed by atoms with E-state index in [2.05, 4.69) is 55.7 Å². The summed E-state index contributed by atoms with van der Waals surface area (Å²) in [5.41, 5.74) is 2.54. The SMILES string of the molecule is CCc1ccc(C(NC(=O)CC2CNC2)C(C)C)cc1. The molecule has 1 fully saturated rings. The third kappa shape index (κ3) is 3.83. The fourth-order valence-corrected chi connectivity index (χ4v) is 2.58. The Labute approximate surface area is 122 Å². The zero-order valence-electron chi connectivity index (χ0n) is 12.8. The molecule has 0 bridgehead atoms. The fraction of sp³-hybridized carbons (Fsp3) is 0.588. The van der Waals surface area contributed by atoms with Gasteiger partial charge >= 0.3 is 0 Å². The highest BCUT2D eigenvalue weighted by Crippen LogP contribution is 2.23. The van der Waals surface area contributed by atoms with E-state index in [-0.39, 0.29) is 11.9 Å². The molecule has 0 saturated carbocycles. The highest BCUT2D eigenvalue weighted by Gasteiger charge is 2.23. The Hall–Kier alpha value is -1.35. The van der Waals surface area contributed by atoms with Crippen molar-refractivity contribution in [3.8, 4) is 0 Å². The summed E-state index contributed by atoms with van der Waals surface area (Å²) in [6, 6.07) is 8.73. The van der Waals surface area contributed by atoms with E-state index in [1.165, 1.54) is 11.1 Å². The Bertz CT molecular complexity index is 435. The lowest BCUT2D eigenvalue weighted by Crippen LogP contribution is -2.45. The van der Waals surface area contributed by atoms with Crippen molar-refractivity contribution in [2.75, 3.05) is 13.1 Å². The number of hydrogen-bond donors (Lipinski definition) is 2. The monoisotopic (exact) mass is 274 g/mol. The van der Waals surface area contributed by atoms with Gasteiger partial charge < -0.3 is 10.6 Å². The maximum absolute atomic E-state index is 12.1. The zero-order valence-corrected chi connectivity index (χ0v) is 12.8. The lowest BCUT2D eigenvalue weighted by atomic mass is 9.93. The molecule has 1 amide bonds. The van der Waals surface area contributed by atoms with Crippen LogP contribution in [-0.4, -0.2) is 19.0 Å². The molecule has 110 valence electrons. The van der Waals surface area contributed by atoms with Crippen LogP contribution in [0.3, 0.4) is 0 Å². The van der Waals surface area contributed by atoms with E-state index in [0.29, 0.717) is 18.3 Å². The van der Waals surface area contributed by atoms with Crippen molar-refractivity contribution in [1.82, 2.24) is 10.6 Å². The summed E-state index contributed by atoms with van der Waals surface area (Å²) in [5, 5.41) is 6.41. The van der Waals surface area contributed by atoms with Crippen molar-refractivity contribution >= 4 is 5.91 Å². The van der Waals surface area contributed by atoms with E-state index in [9.17, 15) is 4.79 Å². The third-order valence-electron chi connectivity index (χ3n) is 4.07. The predicted octanol–water partition coefficient (Wildman–Crippen LogP) is 2.67. The first-order valence-corrected chi connectivity index (χ1v) is 7.69. The smallest absolute Gasteiger partial charge is 0.220 e. The van der Waals surface area contributed by atoms with Gasteiger partial charge in [0.1, 0.15) is 0 Å². The van der Waals surface area contributed by atoms with Gasteiger partial charge in [-0.3, -0.25) is 4.79 Å². The van der Waals surface area contributed by atoms with Crippen LogP contribution in [0.5, 0.6) is 0 Å². The van der Waals surface area contributed by atoms with E-state index < -0.39 is 0 Å². The number of aryl methyl sites for hydroxylation is 1. The number of carbonyl (C=O) groups is 1. The van der Waals surface area contributed by atoms with Gasteiger partial charge in [-0.1, -0.05) is 45.0 Å². The molecule has 1 aromatic rings. The van der Waals surface area contributed by atoms with Crippen LogP contribution in [-0.2, 0) is 11.2 Å². The number of hydrogen-bond acceptors (Lipinski definition) is 2. The Morgan fingerprint density at radius 3 is 2.40 bits per heavy atom. The molecular weight excluding hydrogens is 248 g/mol. The van der Waals surface area contributed by atoms with Crippen LogP contribution in [0.4, 0.5) is 0 Å². The molecule has 2 N–H and O–H groups in total. The van der Waals surface area contributed by atoms with Gasteiger partial charge in [-0.15, -0.1) is 0 Å². The summed E-state index contributed by atoms with van der Waals surface area (Å²) >= 11 is 0. The Balaban J connectivity index is 1.99. The molecule has 1 aliphatic heterocycles. The zero-order chi connectivity index (χ0) is 14.5. The van der Waals surface area contributed by atoms with E-state index in [1.807, 2.05) is 0 Å². The molecular formula is C17H26N2O. The molecule has 1 atom stereocenters. The summed E-state index contributed by atoms with van der Waals surface area (Å²) in [6.07, 6.45) is 1.69. The molecule has 1 heterocycles. The molecule has 3 heteroatoms. The van der Waals surface area contributed by atoms with E-state index in [4.69, 9.17) is 0 Å². The van der Waals surface area contributed by atoms with Crippen molar-refractivity contribution in [1.29, 1.82) is 0 Å². The summed E-state index contributed by atoms with van der Waals surface area (Å²) in [5.74, 6) is 1.09. The number of benzene rings is 1. The van der Waals surface area contributed by atoms with Gasteiger partial charge in [0.2, 0.25) is 5.91 Å². The largest absolute Gasteiger partial charge is 0.349 e. The van der Waals surface area contributed by atoms with E-state index in [0.717, 1.165) is 19.5 Å². The Morgan fingerprint density at radius 2 is 1.95 bits per heavy atom. The topological polar surface area (TPSA) is 41.1 Å². The lowest BCUT2D eigenvalue weighted by Gasteiger charge is -2.28. The minimum absolute atomic E-state index is 0.112. The third-order valence-corrected chi connectivity index (χ3v) is 4.07. The molecule has 1 aliphatic rings. The van der Waals surface area contributed by atoms with Gasteiger partial charge in [0.25, 0.3) is 0 Å². The van der Waals surface area contributed by atoms with Gasteiger partial charge in [0, 0.05) is 6.42 Å². The second kappa shape index (κ2) is 6.89. The second-order valence-corrected chi connectivity index (χ2v) is 6.11. The molecule has 1 aromatic carbocycles. The quantitative estimate of drug-likeness (QED) is 0.837. The van der Waals surface area contributed by atoms with Crippen molar-refractivity contribution in [3.05, 3.63) is 35.4 Å². The van der Waals surface area contributed by atoms with Crippen molar-refractivity contribution < 1.29 is 4.79 Å². The summed E-state index contributed by atoms with van der Waals surface area (Å²) in [7, 11) is 0. The van der Waals surface area contributed by atoms with Gasteiger partial charge in [-0.2, -0.15) is 0 Å². The molecule has 0 aromatic heterocycles. The average molecular weight is 274 g/mol. The van der Waals surface area contributed by atoms with Crippen LogP contribution < -0.4 is 10.6 Å². The maximum atomic E-state index is 12.1. The Morgan fingerprint density at radius 1 is 1.30 bits per heavy atom. The number of nitrogens with one attached hydrogen (secondary N) is 2. The van der Waals surface area contributed by atoms with Crippen LogP contribution in [0.15, 0.2) is 24.3 Å². The molecule has 20 heavy (non-hydrogen) atoms. The number of carbonyl (C=O) groups excluding carboxylic acids is 1. The standard InChI is InChI=1S/C17H26N2O/c1-4-13-5-7-15(8-6-13)17(12(2)3)19-16(20)9-14-10-18-11-14/h5-8,12,14,17-18H,4,9-11H2,1-3H3,(H,19,20). The highest BCUT2D eigenvalue weighted by molar-refractivity contribution is 5.77. The summed E-state index contributed by atoms with van der Waals surface area (Å²) in [4.78, 5) is 12.1. The van der Waals surface area contributed by atoms with Crippen LogP contribution in [0.25, 0.3) is 0 Å². The van der Waals surface area contributed by atoms with Crippen molar-refractivity contribution in [3.63, 3.8) is 0 Å². The van der Waals surface area contributed by atoms with Crippen LogP contribution in [0.1, 0.15) is 44.4 Å². The van der Waals surface area contributed by atoms with Crippen molar-refractivity contribution in [2.45, 2.75) is 39.7 Å². The van der Waals surface area contributed by atoms with Crippen LogP contribution in [0, 0.1) is 11.8 Å². The highest BCUT2D eigenvalue weighted by atomic mass is 16.1. The second-order valence-electron chi connectivity index (χ2n) is 6.11. The van der Waals surface area contributed by atoms with Gasteiger partial charge in [0.05, 0.1) is 6.04 Å². The number of amides is 1. The summed E-state index contributed by atoms with van der Waals surface area (Å²) in [6.45, 7) is 8.42. The first kappa shape index (κ1) is 15.0.